The van der Waals surface area contributed by atoms with Crippen LogP contribution in [0.25, 0.3) is 11.3 Å². The fraction of sp³-hybridized carbons (Fsp3) is 0.500. The smallest absolute Gasteiger partial charge is 0.407 e. The number of nitrogens with zero attached hydrogens (tertiary/aromatic N) is 3. The van der Waals surface area contributed by atoms with Crippen LogP contribution in [0.2, 0.25) is 0 Å². The molecule has 246 valence electrons. The molecule has 0 aliphatic heterocycles. The Kier molecular flexibility index (Phi) is 12.2. The summed E-state index contributed by atoms with van der Waals surface area (Å²) >= 11 is 0. The van der Waals surface area contributed by atoms with Crippen LogP contribution in [0.4, 0.5) is 13.6 Å². The van der Waals surface area contributed by atoms with E-state index in [0.29, 0.717) is 12.4 Å². The first kappa shape index (κ1) is 35.6. The second-order valence-corrected chi connectivity index (χ2v) is 13.3. The van der Waals surface area contributed by atoms with Crippen LogP contribution < -0.4 is 5.32 Å². The molecule has 45 heavy (non-hydrogen) atoms. The molecule has 9 nitrogen and oxygen atoms in total. The lowest BCUT2D eigenvalue weighted by atomic mass is 9.84. The molecule has 0 saturated heterocycles. The van der Waals surface area contributed by atoms with Crippen molar-refractivity contribution < 1.29 is 33.0 Å². The number of halogens is 2. The summed E-state index contributed by atoms with van der Waals surface area (Å²) in [5.41, 5.74) is 0.137. The van der Waals surface area contributed by atoms with Gasteiger partial charge in [-0.2, -0.15) is 0 Å². The van der Waals surface area contributed by atoms with Crippen LogP contribution in [-0.4, -0.2) is 70.1 Å². The molecule has 0 bridgehead atoms. The van der Waals surface area contributed by atoms with Crippen molar-refractivity contribution in [2.45, 2.75) is 66.7 Å². The Labute approximate surface area is 264 Å². The van der Waals surface area contributed by atoms with Gasteiger partial charge in [0.1, 0.15) is 29.7 Å². The molecule has 1 amide bonds. The number of esters is 1. The number of ether oxygens (including phenoxy) is 2. The summed E-state index contributed by atoms with van der Waals surface area (Å²) in [6.07, 6.45) is 1.12. The number of carbonyl (C=O) groups excluding carboxylic acids is 2. The van der Waals surface area contributed by atoms with Crippen LogP contribution in [0.3, 0.4) is 0 Å². The number of amides is 1. The van der Waals surface area contributed by atoms with Crippen LogP contribution in [0.15, 0.2) is 54.7 Å². The Balaban J connectivity index is 2.08. The first-order valence-electron chi connectivity index (χ1n) is 15.1. The van der Waals surface area contributed by atoms with Crippen LogP contribution >= 0.6 is 0 Å². The third-order valence-corrected chi connectivity index (χ3v) is 7.01. The van der Waals surface area contributed by atoms with Crippen LogP contribution in [0.5, 0.6) is 0 Å². The maximum Gasteiger partial charge on any atom is 0.407 e. The second kappa shape index (κ2) is 15.4. The number of imidazole rings is 1. The number of carbonyl (C=O) groups is 2. The molecule has 2 aromatic carbocycles. The van der Waals surface area contributed by atoms with E-state index in [4.69, 9.17) is 14.5 Å². The maximum atomic E-state index is 15.0. The van der Waals surface area contributed by atoms with E-state index in [1.54, 1.807) is 27.0 Å². The molecule has 3 aromatic rings. The third-order valence-electron chi connectivity index (χ3n) is 7.01. The summed E-state index contributed by atoms with van der Waals surface area (Å²) < 4.78 is 41.8. The monoisotopic (exact) mass is 628 g/mol. The van der Waals surface area contributed by atoms with Gasteiger partial charge in [-0.1, -0.05) is 51.1 Å². The quantitative estimate of drug-likeness (QED) is 0.225. The van der Waals surface area contributed by atoms with Crippen molar-refractivity contribution in [3.8, 4) is 11.3 Å². The molecule has 0 saturated carbocycles. The summed E-state index contributed by atoms with van der Waals surface area (Å²) in [5, 5.41) is 13.1. The maximum absolute atomic E-state index is 15.0. The van der Waals surface area contributed by atoms with Crippen molar-refractivity contribution in [1.82, 2.24) is 19.8 Å². The molecule has 2 atom stereocenters. The Morgan fingerprint density at radius 2 is 1.76 bits per heavy atom. The van der Waals surface area contributed by atoms with Crippen LogP contribution in [-0.2, 0) is 20.8 Å². The zero-order chi connectivity index (χ0) is 33.4. The summed E-state index contributed by atoms with van der Waals surface area (Å²) in [4.78, 5) is 31.0. The van der Waals surface area contributed by atoms with E-state index < -0.39 is 46.7 Å². The van der Waals surface area contributed by atoms with E-state index in [1.807, 2.05) is 55.7 Å². The number of alkyl carbamates (subject to hydrolysis) is 1. The minimum atomic E-state index is -0.680. The van der Waals surface area contributed by atoms with E-state index >= 15 is 0 Å². The minimum absolute atomic E-state index is 0.0389. The average molecular weight is 629 g/mol. The van der Waals surface area contributed by atoms with Gasteiger partial charge < -0.3 is 24.5 Å². The lowest BCUT2D eigenvalue weighted by Gasteiger charge is -2.41. The standard InChI is InChI=1S/C34H46F2N4O5/c1-23(42)44-16-15-39(20-25(22-41)18-37-32(43)45-34(5,6)7)30(33(2,3)4)31-38-29(27-17-26(35)13-14-28(27)36)21-40(31)19-24-11-9-8-10-12-24/h8-14,17,21,25,30,41H,15-16,18-20,22H2,1-7H3,(H,37,43)/t25?,30-/m0/s1. The average Bonchev–Trinajstić information content (AvgIpc) is 3.33. The highest BCUT2D eigenvalue weighted by molar-refractivity contribution is 5.67. The zero-order valence-electron chi connectivity index (χ0n) is 27.3. The first-order valence-corrected chi connectivity index (χ1v) is 15.1. The predicted octanol–water partition coefficient (Wildman–Crippen LogP) is 5.96. The molecule has 0 fully saturated rings. The van der Waals surface area contributed by atoms with Crippen molar-refractivity contribution in [3.63, 3.8) is 0 Å². The van der Waals surface area contributed by atoms with Crippen LogP contribution in [0.1, 0.15) is 65.9 Å². The molecule has 0 radical (unpaired) electrons. The third kappa shape index (κ3) is 10.9. The van der Waals surface area contributed by atoms with Gasteiger partial charge in [-0.15, -0.1) is 0 Å². The van der Waals surface area contributed by atoms with Gasteiger partial charge in [-0.3, -0.25) is 9.69 Å². The molecular weight excluding hydrogens is 582 g/mol. The van der Waals surface area contributed by atoms with Gasteiger partial charge in [0.05, 0.1) is 11.7 Å². The fourth-order valence-electron chi connectivity index (χ4n) is 5.17. The highest BCUT2D eigenvalue weighted by Gasteiger charge is 2.37. The Morgan fingerprint density at radius 3 is 2.36 bits per heavy atom. The molecular formula is C34H46F2N4O5. The molecule has 1 aromatic heterocycles. The van der Waals surface area contributed by atoms with Crippen molar-refractivity contribution in [3.05, 3.63) is 77.8 Å². The number of benzene rings is 2. The molecule has 3 rings (SSSR count). The number of aliphatic hydroxyl groups excluding tert-OH is 1. The van der Waals surface area contributed by atoms with Crippen molar-refractivity contribution in [2.24, 2.45) is 11.3 Å². The second-order valence-electron chi connectivity index (χ2n) is 13.3. The normalized spacial score (nSPS) is 13.4. The van der Waals surface area contributed by atoms with Gasteiger partial charge in [0.25, 0.3) is 0 Å². The summed E-state index contributed by atoms with van der Waals surface area (Å²) in [6.45, 7) is 13.7. The van der Waals surface area contributed by atoms with Gasteiger partial charge >= 0.3 is 12.1 Å². The van der Waals surface area contributed by atoms with E-state index in [1.165, 1.54) is 6.92 Å². The Morgan fingerprint density at radius 1 is 1.07 bits per heavy atom. The Hall–Kier alpha value is -3.83. The first-order chi connectivity index (χ1) is 21.1. The van der Waals surface area contributed by atoms with Gasteiger partial charge in [-0.25, -0.2) is 18.6 Å². The van der Waals surface area contributed by atoms with E-state index in [0.717, 1.165) is 23.8 Å². The fourth-order valence-corrected chi connectivity index (χ4v) is 5.17. The molecule has 2 N–H and O–H groups in total. The predicted molar refractivity (Wildman–Crippen MR) is 168 cm³/mol. The number of hydrogen-bond donors (Lipinski definition) is 2. The lowest BCUT2D eigenvalue weighted by molar-refractivity contribution is -0.141. The molecule has 1 heterocycles. The van der Waals surface area contributed by atoms with Crippen molar-refractivity contribution in [2.75, 3.05) is 32.8 Å². The molecule has 0 aliphatic rings. The number of nitrogens with one attached hydrogen (secondary N) is 1. The zero-order valence-corrected chi connectivity index (χ0v) is 27.3. The molecule has 0 spiro atoms. The topological polar surface area (TPSA) is 106 Å². The SMILES string of the molecule is CC(=O)OCCN(CC(CO)CNC(=O)OC(C)(C)C)[C@@H](c1nc(-c2cc(F)ccc2F)cn1Cc1ccccc1)C(C)(C)C. The lowest BCUT2D eigenvalue weighted by Crippen LogP contribution is -2.46. The van der Waals surface area contributed by atoms with Gasteiger partial charge in [0, 0.05) is 57.4 Å². The van der Waals surface area contributed by atoms with Gasteiger partial charge in [0.2, 0.25) is 0 Å². The van der Waals surface area contributed by atoms with E-state index in [-0.39, 0.29) is 44.1 Å². The molecule has 1 unspecified atom stereocenters. The Bertz CT molecular complexity index is 1420. The highest BCUT2D eigenvalue weighted by Crippen LogP contribution is 2.39. The van der Waals surface area contributed by atoms with Gasteiger partial charge in [0.15, 0.2) is 0 Å². The summed E-state index contributed by atoms with van der Waals surface area (Å²) in [6, 6.07) is 12.5. The van der Waals surface area contributed by atoms with Crippen molar-refractivity contribution >= 4 is 12.1 Å². The number of aromatic nitrogens is 2. The molecule has 11 heteroatoms. The highest BCUT2D eigenvalue weighted by atomic mass is 19.1. The van der Waals surface area contributed by atoms with Crippen molar-refractivity contribution in [1.29, 1.82) is 0 Å². The number of rotatable bonds is 13. The number of hydrogen-bond acceptors (Lipinski definition) is 7. The minimum Gasteiger partial charge on any atom is -0.465 e. The largest absolute Gasteiger partial charge is 0.465 e. The van der Waals surface area contributed by atoms with Gasteiger partial charge in [-0.05, 0) is 49.9 Å². The number of aliphatic hydroxyl groups is 1. The van der Waals surface area contributed by atoms with E-state index in [2.05, 4.69) is 10.2 Å². The van der Waals surface area contributed by atoms with E-state index in [9.17, 15) is 23.5 Å². The molecule has 0 aliphatic carbocycles. The summed E-state index contributed by atoms with van der Waals surface area (Å²) in [5.74, 6) is -1.44. The van der Waals surface area contributed by atoms with Crippen LogP contribution in [0, 0.1) is 23.0 Å². The summed E-state index contributed by atoms with van der Waals surface area (Å²) in [7, 11) is 0.